The molecule has 0 saturated carbocycles. The van der Waals surface area contributed by atoms with Crippen LogP contribution in [0.3, 0.4) is 0 Å². The van der Waals surface area contributed by atoms with Crippen LogP contribution in [0.15, 0.2) is 118 Å². The molecule has 0 spiro atoms. The van der Waals surface area contributed by atoms with Crippen molar-refractivity contribution in [3.63, 3.8) is 0 Å². The van der Waals surface area contributed by atoms with Gasteiger partial charge in [-0.15, -0.1) is 11.8 Å². The molecule has 1 N–H and O–H groups in total. The third kappa shape index (κ3) is 6.21. The molecule has 0 aliphatic heterocycles. The second-order valence-electron chi connectivity index (χ2n) is 9.14. The summed E-state index contributed by atoms with van der Waals surface area (Å²) in [4.78, 5) is 14.2. The molecule has 0 aromatic heterocycles. The molecule has 0 unspecified atom stereocenters. The number of sulfonamides is 1. The number of anilines is 1. The standard InChI is InChI=1S/C32H29N3O4S2/c1-3-39-26-14-12-25(13-15-26)35(41(37,38)28-18-16-27(40-2)17-19-28)22-32(36)34-33-21-31-29-10-6-4-8-23(29)20-24-9-5-7-11-30(24)31/h4-21H,3,22H2,1-2H3,(H,34,36)/b33-21-. The molecule has 7 nitrogen and oxygen atoms in total. The van der Waals surface area contributed by atoms with Gasteiger partial charge >= 0.3 is 0 Å². The van der Waals surface area contributed by atoms with E-state index in [0.29, 0.717) is 18.0 Å². The van der Waals surface area contributed by atoms with Crippen LogP contribution in [0.5, 0.6) is 5.75 Å². The summed E-state index contributed by atoms with van der Waals surface area (Å²) in [7, 11) is -4.06. The van der Waals surface area contributed by atoms with Crippen LogP contribution in [0.2, 0.25) is 0 Å². The van der Waals surface area contributed by atoms with Crippen LogP contribution in [0, 0.1) is 0 Å². The van der Waals surface area contributed by atoms with Crippen molar-refractivity contribution in [2.75, 3.05) is 23.7 Å². The highest BCUT2D eigenvalue weighted by atomic mass is 32.2. The van der Waals surface area contributed by atoms with Gasteiger partial charge in [-0.25, -0.2) is 13.8 Å². The Labute approximate surface area is 243 Å². The van der Waals surface area contributed by atoms with Crippen LogP contribution in [0.1, 0.15) is 12.5 Å². The topological polar surface area (TPSA) is 88.1 Å². The first-order valence-electron chi connectivity index (χ1n) is 13.0. The van der Waals surface area contributed by atoms with Crippen molar-refractivity contribution < 1.29 is 17.9 Å². The van der Waals surface area contributed by atoms with E-state index in [1.165, 1.54) is 11.8 Å². The number of carbonyl (C=O) groups excluding carboxylic acids is 1. The van der Waals surface area contributed by atoms with Crippen molar-refractivity contribution in [3.05, 3.63) is 109 Å². The van der Waals surface area contributed by atoms with Gasteiger partial charge in [-0.05, 0) is 89.3 Å². The molecule has 0 radical (unpaired) electrons. The maximum absolute atomic E-state index is 13.7. The Morgan fingerprint density at radius 1 is 0.902 bits per heavy atom. The van der Waals surface area contributed by atoms with Gasteiger partial charge in [0.25, 0.3) is 15.9 Å². The SMILES string of the molecule is CCOc1ccc(N(CC(=O)N/N=C\c2c3ccccc3cc3ccccc23)S(=O)(=O)c2ccc(SC)cc2)cc1. The van der Waals surface area contributed by atoms with Crippen molar-refractivity contribution >= 4 is 61.1 Å². The normalized spacial score (nSPS) is 11.7. The van der Waals surface area contributed by atoms with E-state index in [9.17, 15) is 13.2 Å². The first-order valence-corrected chi connectivity index (χ1v) is 15.7. The highest BCUT2D eigenvalue weighted by Gasteiger charge is 2.27. The Bertz CT molecular complexity index is 1770. The number of nitrogens with zero attached hydrogens (tertiary/aromatic N) is 2. The van der Waals surface area contributed by atoms with Crippen LogP contribution < -0.4 is 14.5 Å². The summed E-state index contributed by atoms with van der Waals surface area (Å²) in [5.41, 5.74) is 3.73. The molecule has 0 bridgehead atoms. The average molecular weight is 584 g/mol. The lowest BCUT2D eigenvalue weighted by molar-refractivity contribution is -0.119. The highest BCUT2D eigenvalue weighted by molar-refractivity contribution is 7.98. The van der Waals surface area contributed by atoms with E-state index in [-0.39, 0.29) is 4.90 Å². The van der Waals surface area contributed by atoms with Gasteiger partial charge in [0.2, 0.25) is 0 Å². The molecule has 9 heteroatoms. The lowest BCUT2D eigenvalue weighted by Gasteiger charge is -2.24. The molecular formula is C32H29N3O4S2. The summed E-state index contributed by atoms with van der Waals surface area (Å²) in [6.45, 7) is 1.89. The molecular weight excluding hydrogens is 555 g/mol. The lowest BCUT2D eigenvalue weighted by Crippen LogP contribution is -2.39. The van der Waals surface area contributed by atoms with E-state index in [1.54, 1.807) is 54.7 Å². The predicted molar refractivity (Wildman–Crippen MR) is 168 cm³/mol. The number of hydrazone groups is 1. The van der Waals surface area contributed by atoms with Gasteiger partial charge in [0.15, 0.2) is 0 Å². The van der Waals surface area contributed by atoms with E-state index in [2.05, 4.69) is 16.6 Å². The molecule has 0 saturated heterocycles. The first-order chi connectivity index (χ1) is 19.9. The number of thioether (sulfide) groups is 1. The molecule has 41 heavy (non-hydrogen) atoms. The average Bonchev–Trinajstić information content (AvgIpc) is 3.00. The predicted octanol–water partition coefficient (Wildman–Crippen LogP) is 6.46. The number of fused-ring (bicyclic) bond motifs is 2. The number of hydrogen-bond acceptors (Lipinski definition) is 6. The van der Waals surface area contributed by atoms with Crippen LogP contribution in [0.4, 0.5) is 5.69 Å². The fraction of sp³-hybridized carbons (Fsp3) is 0.125. The number of benzene rings is 5. The summed E-state index contributed by atoms with van der Waals surface area (Å²) in [6, 6.07) is 31.2. The van der Waals surface area contributed by atoms with Crippen LogP contribution >= 0.6 is 11.8 Å². The van der Waals surface area contributed by atoms with Gasteiger partial charge < -0.3 is 4.74 Å². The minimum absolute atomic E-state index is 0.0858. The second-order valence-corrected chi connectivity index (χ2v) is 11.9. The lowest BCUT2D eigenvalue weighted by atomic mass is 9.97. The Hall–Kier alpha value is -4.34. The molecule has 5 aromatic carbocycles. The van der Waals surface area contributed by atoms with Crippen LogP contribution in [-0.2, 0) is 14.8 Å². The van der Waals surface area contributed by atoms with Gasteiger partial charge in [-0.1, -0.05) is 48.5 Å². The van der Waals surface area contributed by atoms with E-state index in [0.717, 1.165) is 36.3 Å². The number of carbonyl (C=O) groups is 1. The van der Waals surface area contributed by atoms with Gasteiger partial charge in [0, 0.05) is 10.5 Å². The Balaban J connectivity index is 1.43. The zero-order chi connectivity index (χ0) is 28.8. The molecule has 0 aliphatic rings. The van der Waals surface area contributed by atoms with E-state index < -0.39 is 22.5 Å². The van der Waals surface area contributed by atoms with E-state index in [1.807, 2.05) is 61.7 Å². The smallest absolute Gasteiger partial charge is 0.264 e. The zero-order valence-electron chi connectivity index (χ0n) is 22.7. The largest absolute Gasteiger partial charge is 0.494 e. The molecule has 208 valence electrons. The van der Waals surface area contributed by atoms with Crippen molar-refractivity contribution in [3.8, 4) is 5.75 Å². The molecule has 1 amide bonds. The van der Waals surface area contributed by atoms with E-state index >= 15 is 0 Å². The number of nitrogens with one attached hydrogen (secondary N) is 1. The second kappa shape index (κ2) is 12.4. The Kier molecular flexibility index (Phi) is 8.56. The quantitative estimate of drug-likeness (QED) is 0.0883. The fourth-order valence-corrected chi connectivity index (χ4v) is 6.42. The summed E-state index contributed by atoms with van der Waals surface area (Å²) in [6.07, 6.45) is 3.53. The third-order valence-corrected chi connectivity index (χ3v) is 9.10. The van der Waals surface area contributed by atoms with E-state index in [4.69, 9.17) is 4.74 Å². The first kappa shape index (κ1) is 28.2. The number of amides is 1. The molecule has 5 aromatic rings. The zero-order valence-corrected chi connectivity index (χ0v) is 24.3. The molecule has 5 rings (SSSR count). The fourth-order valence-electron chi connectivity index (χ4n) is 4.59. The molecule has 0 aliphatic carbocycles. The summed E-state index contributed by atoms with van der Waals surface area (Å²) < 4.78 is 34.1. The van der Waals surface area contributed by atoms with Crippen molar-refractivity contribution in [2.45, 2.75) is 16.7 Å². The van der Waals surface area contributed by atoms with Crippen molar-refractivity contribution in [1.29, 1.82) is 0 Å². The van der Waals surface area contributed by atoms with Gasteiger partial charge in [-0.3, -0.25) is 9.10 Å². The number of hydrogen-bond donors (Lipinski definition) is 1. The monoisotopic (exact) mass is 583 g/mol. The molecule has 0 heterocycles. The molecule has 0 atom stereocenters. The van der Waals surface area contributed by atoms with Gasteiger partial charge in [-0.2, -0.15) is 5.10 Å². The summed E-state index contributed by atoms with van der Waals surface area (Å²) in [5.74, 6) is 0.0262. The van der Waals surface area contributed by atoms with Crippen LogP contribution in [0.25, 0.3) is 21.5 Å². The Morgan fingerprint density at radius 2 is 1.51 bits per heavy atom. The maximum atomic E-state index is 13.7. The van der Waals surface area contributed by atoms with Crippen LogP contribution in [-0.4, -0.2) is 39.9 Å². The maximum Gasteiger partial charge on any atom is 0.264 e. The number of ether oxygens (including phenoxy) is 1. The highest BCUT2D eigenvalue weighted by Crippen LogP contribution is 2.28. The minimum Gasteiger partial charge on any atom is -0.494 e. The third-order valence-electron chi connectivity index (χ3n) is 6.57. The van der Waals surface area contributed by atoms with Gasteiger partial charge in [0.1, 0.15) is 12.3 Å². The number of rotatable bonds is 10. The summed E-state index contributed by atoms with van der Waals surface area (Å²) in [5, 5.41) is 8.34. The summed E-state index contributed by atoms with van der Waals surface area (Å²) >= 11 is 1.52. The minimum atomic E-state index is -4.06. The van der Waals surface area contributed by atoms with Crippen molar-refractivity contribution in [2.24, 2.45) is 5.10 Å². The Morgan fingerprint density at radius 3 is 2.10 bits per heavy atom. The van der Waals surface area contributed by atoms with Gasteiger partial charge in [0.05, 0.1) is 23.4 Å². The van der Waals surface area contributed by atoms with Crippen molar-refractivity contribution in [1.82, 2.24) is 5.43 Å². The molecule has 0 fully saturated rings.